The summed E-state index contributed by atoms with van der Waals surface area (Å²) >= 11 is 0. The molecule has 1 spiro atoms. The normalized spacial score (nSPS) is 25.5. The van der Waals surface area contributed by atoms with Gasteiger partial charge in [-0.25, -0.2) is 0 Å². The minimum absolute atomic E-state index is 0.314. The lowest BCUT2D eigenvalue weighted by atomic mass is 9.80. The summed E-state index contributed by atoms with van der Waals surface area (Å²) in [5.74, 6) is 0. The molecule has 6 nitrogen and oxygen atoms in total. The van der Waals surface area contributed by atoms with Crippen molar-refractivity contribution >= 4 is 10.2 Å². The predicted octanol–water partition coefficient (Wildman–Crippen LogP) is 1.13. The smallest absolute Gasteiger partial charge is 0.282 e. The molecule has 0 amide bonds. The first-order chi connectivity index (χ1) is 11.6. The molecule has 0 aromatic heterocycles. The van der Waals surface area contributed by atoms with E-state index in [1.807, 2.05) is 6.07 Å². The number of morpholine rings is 1. The fourth-order valence-electron chi connectivity index (χ4n) is 4.05. The highest BCUT2D eigenvalue weighted by atomic mass is 32.2. The molecular formula is C17H24N2O4S. The van der Waals surface area contributed by atoms with Crippen molar-refractivity contribution in [2.45, 2.75) is 24.9 Å². The number of piperidine rings is 1. The van der Waals surface area contributed by atoms with E-state index in [1.165, 1.54) is 11.1 Å². The zero-order valence-corrected chi connectivity index (χ0v) is 14.6. The molecule has 3 aliphatic heterocycles. The Morgan fingerprint density at radius 3 is 2.33 bits per heavy atom. The lowest BCUT2D eigenvalue weighted by Crippen LogP contribution is -2.54. The van der Waals surface area contributed by atoms with Crippen molar-refractivity contribution in [3.05, 3.63) is 35.4 Å². The van der Waals surface area contributed by atoms with E-state index in [-0.39, 0.29) is 5.60 Å². The van der Waals surface area contributed by atoms with Gasteiger partial charge in [-0.2, -0.15) is 17.0 Å². The van der Waals surface area contributed by atoms with Crippen molar-refractivity contribution in [3.8, 4) is 0 Å². The maximum absolute atomic E-state index is 12.8. The molecule has 0 aliphatic carbocycles. The fourth-order valence-corrected chi connectivity index (χ4v) is 5.63. The lowest BCUT2D eigenvalue weighted by Gasteiger charge is -2.45. The van der Waals surface area contributed by atoms with E-state index in [2.05, 4.69) is 18.2 Å². The zero-order chi connectivity index (χ0) is 16.6. The van der Waals surface area contributed by atoms with Crippen molar-refractivity contribution in [1.82, 2.24) is 8.61 Å². The van der Waals surface area contributed by atoms with Crippen molar-refractivity contribution in [1.29, 1.82) is 0 Å². The quantitative estimate of drug-likeness (QED) is 0.801. The van der Waals surface area contributed by atoms with Crippen molar-refractivity contribution in [3.63, 3.8) is 0 Å². The molecule has 2 saturated heterocycles. The van der Waals surface area contributed by atoms with Crippen LogP contribution in [-0.4, -0.2) is 63.0 Å². The summed E-state index contributed by atoms with van der Waals surface area (Å²) in [5.41, 5.74) is 2.28. The Morgan fingerprint density at radius 2 is 1.58 bits per heavy atom. The highest BCUT2D eigenvalue weighted by Crippen LogP contribution is 2.42. The first-order valence-electron chi connectivity index (χ1n) is 8.67. The van der Waals surface area contributed by atoms with Crippen LogP contribution in [0.25, 0.3) is 0 Å². The van der Waals surface area contributed by atoms with Gasteiger partial charge in [-0.05, 0) is 30.4 Å². The van der Waals surface area contributed by atoms with Crippen LogP contribution in [0.3, 0.4) is 0 Å². The monoisotopic (exact) mass is 352 g/mol. The number of ether oxygens (including phenoxy) is 2. The van der Waals surface area contributed by atoms with Gasteiger partial charge in [-0.15, -0.1) is 0 Å². The average Bonchev–Trinajstić information content (AvgIpc) is 2.63. The molecule has 0 bridgehead atoms. The third-order valence-corrected chi connectivity index (χ3v) is 7.45. The van der Waals surface area contributed by atoms with Gasteiger partial charge in [0.2, 0.25) is 0 Å². The Morgan fingerprint density at radius 1 is 0.917 bits per heavy atom. The van der Waals surface area contributed by atoms with Crippen LogP contribution in [-0.2, 0) is 31.7 Å². The number of hydrogen-bond acceptors (Lipinski definition) is 4. The molecule has 24 heavy (non-hydrogen) atoms. The summed E-state index contributed by atoms with van der Waals surface area (Å²) in [4.78, 5) is 0. The first kappa shape index (κ1) is 16.5. The zero-order valence-electron chi connectivity index (χ0n) is 13.8. The molecular weight excluding hydrogens is 328 g/mol. The number of hydrogen-bond donors (Lipinski definition) is 0. The fraction of sp³-hybridized carbons (Fsp3) is 0.647. The Balaban J connectivity index is 1.51. The molecule has 3 heterocycles. The Bertz CT molecular complexity index is 692. The summed E-state index contributed by atoms with van der Waals surface area (Å²) < 4.78 is 40.2. The Hall–Kier alpha value is -0.990. The molecule has 0 unspecified atom stereocenters. The molecule has 132 valence electrons. The second kappa shape index (κ2) is 6.38. The van der Waals surface area contributed by atoms with Gasteiger partial charge in [-0.1, -0.05) is 24.3 Å². The molecule has 0 saturated carbocycles. The second-order valence-corrected chi connectivity index (χ2v) is 8.60. The summed E-state index contributed by atoms with van der Waals surface area (Å²) in [7, 11) is -3.39. The van der Waals surface area contributed by atoms with E-state index in [4.69, 9.17) is 9.47 Å². The van der Waals surface area contributed by atoms with Gasteiger partial charge < -0.3 is 9.47 Å². The molecule has 3 aliphatic rings. The largest absolute Gasteiger partial charge is 0.379 e. The van der Waals surface area contributed by atoms with Crippen LogP contribution in [0.1, 0.15) is 24.0 Å². The van der Waals surface area contributed by atoms with Crippen LogP contribution < -0.4 is 0 Å². The molecule has 4 rings (SSSR count). The molecule has 0 N–H and O–H groups in total. The average molecular weight is 352 g/mol. The van der Waals surface area contributed by atoms with Gasteiger partial charge in [0.25, 0.3) is 10.2 Å². The van der Waals surface area contributed by atoms with Crippen molar-refractivity contribution < 1.29 is 17.9 Å². The SMILES string of the molecule is O=S(=O)(N1CCOCC1)N1CCC2(CC1)OCCc1ccccc12. The van der Waals surface area contributed by atoms with Crippen LogP contribution in [0.4, 0.5) is 0 Å². The minimum Gasteiger partial charge on any atom is -0.379 e. The number of fused-ring (bicyclic) bond motifs is 2. The van der Waals surface area contributed by atoms with Gasteiger partial charge in [0.05, 0.1) is 25.4 Å². The molecule has 2 fully saturated rings. The van der Waals surface area contributed by atoms with Gasteiger partial charge in [-0.3, -0.25) is 0 Å². The van der Waals surface area contributed by atoms with Gasteiger partial charge >= 0.3 is 0 Å². The van der Waals surface area contributed by atoms with E-state index >= 15 is 0 Å². The Labute approximate surface area is 143 Å². The minimum atomic E-state index is -3.39. The summed E-state index contributed by atoms with van der Waals surface area (Å²) in [5, 5.41) is 0. The van der Waals surface area contributed by atoms with Crippen LogP contribution in [0.5, 0.6) is 0 Å². The van der Waals surface area contributed by atoms with Gasteiger partial charge in [0, 0.05) is 26.2 Å². The Kier molecular flexibility index (Phi) is 4.38. The number of rotatable bonds is 2. The third kappa shape index (κ3) is 2.78. The maximum Gasteiger partial charge on any atom is 0.282 e. The third-order valence-electron chi connectivity index (χ3n) is 5.41. The van der Waals surface area contributed by atoms with Crippen LogP contribution in [0.2, 0.25) is 0 Å². The van der Waals surface area contributed by atoms with Crippen LogP contribution in [0.15, 0.2) is 24.3 Å². The summed E-state index contributed by atoms with van der Waals surface area (Å²) in [6.45, 7) is 3.59. The maximum atomic E-state index is 12.8. The van der Waals surface area contributed by atoms with E-state index < -0.39 is 10.2 Å². The topological polar surface area (TPSA) is 59.1 Å². The highest BCUT2D eigenvalue weighted by Gasteiger charge is 2.44. The molecule has 1 aromatic rings. The van der Waals surface area contributed by atoms with Gasteiger partial charge in [0.15, 0.2) is 0 Å². The molecule has 1 aromatic carbocycles. The first-order valence-corrected chi connectivity index (χ1v) is 10.1. The lowest BCUT2D eigenvalue weighted by molar-refractivity contribution is -0.0897. The second-order valence-electron chi connectivity index (χ2n) is 6.67. The predicted molar refractivity (Wildman–Crippen MR) is 89.9 cm³/mol. The van der Waals surface area contributed by atoms with Crippen LogP contribution >= 0.6 is 0 Å². The van der Waals surface area contributed by atoms with Gasteiger partial charge in [0.1, 0.15) is 0 Å². The highest BCUT2D eigenvalue weighted by molar-refractivity contribution is 7.86. The summed E-state index contributed by atoms with van der Waals surface area (Å²) in [6.07, 6.45) is 2.37. The molecule has 7 heteroatoms. The molecule has 0 atom stereocenters. The van der Waals surface area contributed by atoms with E-state index in [0.717, 1.165) is 6.42 Å². The number of nitrogens with zero attached hydrogens (tertiary/aromatic N) is 2. The van der Waals surface area contributed by atoms with E-state index in [0.29, 0.717) is 58.8 Å². The van der Waals surface area contributed by atoms with Crippen LogP contribution in [0, 0.1) is 0 Å². The number of benzene rings is 1. The van der Waals surface area contributed by atoms with Crippen molar-refractivity contribution in [2.75, 3.05) is 46.0 Å². The van der Waals surface area contributed by atoms with Crippen molar-refractivity contribution in [2.24, 2.45) is 0 Å². The van der Waals surface area contributed by atoms with E-state index in [1.54, 1.807) is 8.61 Å². The molecule has 0 radical (unpaired) electrons. The van der Waals surface area contributed by atoms with E-state index in [9.17, 15) is 8.42 Å². The standard InChI is InChI=1S/C17H24N2O4S/c20-24(21,19-10-13-22-14-11-19)18-8-6-17(7-9-18)16-4-2-1-3-15(16)5-12-23-17/h1-4H,5-14H2. The summed E-state index contributed by atoms with van der Waals surface area (Å²) in [6, 6.07) is 8.42.